The van der Waals surface area contributed by atoms with Crippen LogP contribution in [0.25, 0.3) is 10.9 Å². The van der Waals surface area contributed by atoms with Gasteiger partial charge in [-0.05, 0) is 13.8 Å². The minimum atomic E-state index is -0.482. The molecule has 0 fully saturated rings. The third-order valence-electron chi connectivity index (χ3n) is 3.25. The molecular formula is C16H18N2O4. The summed E-state index contributed by atoms with van der Waals surface area (Å²) < 4.78 is 6.48. The fraction of sp³-hybridized carbons (Fsp3) is 0.375. The highest BCUT2D eigenvalue weighted by Crippen LogP contribution is 2.24. The predicted octanol–water partition coefficient (Wildman–Crippen LogP) is 1.09. The van der Waals surface area contributed by atoms with E-state index in [9.17, 15) is 9.59 Å². The van der Waals surface area contributed by atoms with Crippen LogP contribution in [0, 0.1) is 18.8 Å². The van der Waals surface area contributed by atoms with Gasteiger partial charge in [-0.2, -0.15) is 0 Å². The number of rotatable bonds is 3. The fourth-order valence-corrected chi connectivity index (χ4v) is 2.31. The van der Waals surface area contributed by atoms with E-state index in [2.05, 4.69) is 16.8 Å². The number of aliphatic hydroxyl groups is 1. The number of hydrogen-bond donors (Lipinski definition) is 2. The van der Waals surface area contributed by atoms with Gasteiger partial charge in [-0.1, -0.05) is 11.8 Å². The molecule has 6 heteroatoms. The van der Waals surface area contributed by atoms with E-state index in [0.29, 0.717) is 34.1 Å². The lowest BCUT2D eigenvalue weighted by atomic mass is 10.1. The molecule has 0 radical (unpaired) electrons. The molecule has 0 bridgehead atoms. The number of aromatic nitrogens is 2. The Labute approximate surface area is 127 Å². The number of ether oxygens (including phenoxy) is 1. The van der Waals surface area contributed by atoms with Crippen molar-refractivity contribution in [3.05, 3.63) is 33.4 Å². The molecule has 0 saturated heterocycles. The minimum Gasteiger partial charge on any atom is -0.462 e. The highest BCUT2D eigenvalue weighted by atomic mass is 16.5. The SMILES string of the molecule is CCOC(=O)c1c(C)[nH]c2c(=O)n(C)cc(C#CCCO)c12. The van der Waals surface area contributed by atoms with Crippen molar-refractivity contribution in [3.63, 3.8) is 0 Å². The van der Waals surface area contributed by atoms with E-state index in [1.807, 2.05) is 0 Å². The summed E-state index contributed by atoms with van der Waals surface area (Å²) in [6.45, 7) is 3.65. The summed E-state index contributed by atoms with van der Waals surface area (Å²) in [4.78, 5) is 27.4. The van der Waals surface area contributed by atoms with Gasteiger partial charge < -0.3 is 19.4 Å². The maximum Gasteiger partial charge on any atom is 0.340 e. The largest absolute Gasteiger partial charge is 0.462 e. The van der Waals surface area contributed by atoms with E-state index in [4.69, 9.17) is 9.84 Å². The van der Waals surface area contributed by atoms with Gasteiger partial charge in [-0.25, -0.2) is 4.79 Å². The van der Waals surface area contributed by atoms with Crippen molar-refractivity contribution in [2.24, 2.45) is 7.05 Å². The maximum absolute atomic E-state index is 12.2. The minimum absolute atomic E-state index is 0.0429. The molecule has 0 amide bonds. The van der Waals surface area contributed by atoms with Crippen molar-refractivity contribution in [2.75, 3.05) is 13.2 Å². The number of esters is 1. The number of aliphatic hydroxyl groups excluding tert-OH is 1. The molecular weight excluding hydrogens is 284 g/mol. The first-order valence-electron chi connectivity index (χ1n) is 7.00. The molecule has 2 heterocycles. The van der Waals surface area contributed by atoms with Crippen LogP contribution in [0.5, 0.6) is 0 Å². The molecule has 22 heavy (non-hydrogen) atoms. The summed E-state index contributed by atoms with van der Waals surface area (Å²) >= 11 is 0. The van der Waals surface area contributed by atoms with Gasteiger partial charge in [0.05, 0.1) is 24.3 Å². The second kappa shape index (κ2) is 6.50. The van der Waals surface area contributed by atoms with Crippen LogP contribution in [0.1, 0.15) is 35.0 Å². The van der Waals surface area contributed by atoms with E-state index in [0.717, 1.165) is 0 Å². The van der Waals surface area contributed by atoms with Crippen LogP contribution in [-0.4, -0.2) is 33.8 Å². The molecule has 0 aliphatic rings. The normalized spacial score (nSPS) is 10.4. The van der Waals surface area contributed by atoms with Crippen LogP contribution in [0.4, 0.5) is 0 Å². The Hall–Kier alpha value is -2.52. The number of hydrogen-bond acceptors (Lipinski definition) is 4. The molecule has 0 spiro atoms. The third-order valence-corrected chi connectivity index (χ3v) is 3.25. The lowest BCUT2D eigenvalue weighted by Gasteiger charge is -2.04. The van der Waals surface area contributed by atoms with Gasteiger partial charge >= 0.3 is 5.97 Å². The molecule has 0 aliphatic carbocycles. The number of carbonyl (C=O) groups excluding carboxylic acids is 1. The van der Waals surface area contributed by atoms with Crippen molar-refractivity contribution in [2.45, 2.75) is 20.3 Å². The molecule has 0 aromatic carbocycles. The van der Waals surface area contributed by atoms with Gasteiger partial charge in [0.1, 0.15) is 5.52 Å². The van der Waals surface area contributed by atoms with Gasteiger partial charge in [-0.15, -0.1) is 0 Å². The zero-order chi connectivity index (χ0) is 16.3. The van der Waals surface area contributed by atoms with Crippen molar-refractivity contribution in [3.8, 4) is 11.8 Å². The Morgan fingerprint density at radius 3 is 2.86 bits per heavy atom. The Morgan fingerprint density at radius 1 is 1.50 bits per heavy atom. The van der Waals surface area contributed by atoms with Crippen LogP contribution < -0.4 is 5.56 Å². The Bertz CT molecular complexity index is 834. The van der Waals surface area contributed by atoms with E-state index in [1.165, 1.54) is 4.57 Å². The summed E-state index contributed by atoms with van der Waals surface area (Å²) in [6.07, 6.45) is 1.91. The first-order chi connectivity index (χ1) is 10.5. The number of aromatic amines is 1. The molecule has 116 valence electrons. The van der Waals surface area contributed by atoms with Gasteiger partial charge in [0, 0.05) is 30.7 Å². The number of aryl methyl sites for hydroxylation is 2. The number of nitrogens with one attached hydrogen (secondary N) is 1. The van der Waals surface area contributed by atoms with E-state index >= 15 is 0 Å². The molecule has 0 atom stereocenters. The highest BCUT2D eigenvalue weighted by molar-refractivity contribution is 6.07. The Kier molecular flexibility index (Phi) is 4.68. The number of carbonyl (C=O) groups is 1. The van der Waals surface area contributed by atoms with E-state index in [1.54, 1.807) is 27.1 Å². The lowest BCUT2D eigenvalue weighted by molar-refractivity contribution is 0.0528. The van der Waals surface area contributed by atoms with E-state index in [-0.39, 0.29) is 18.8 Å². The predicted molar refractivity (Wildman–Crippen MR) is 82.8 cm³/mol. The molecule has 0 aliphatic heterocycles. The Morgan fingerprint density at radius 2 is 2.23 bits per heavy atom. The Balaban J connectivity index is 2.79. The third kappa shape index (κ3) is 2.76. The highest BCUT2D eigenvalue weighted by Gasteiger charge is 2.21. The first-order valence-corrected chi connectivity index (χ1v) is 7.00. The molecule has 2 N–H and O–H groups in total. The summed E-state index contributed by atoms with van der Waals surface area (Å²) in [5, 5.41) is 9.31. The van der Waals surface area contributed by atoms with Gasteiger partial charge in [-0.3, -0.25) is 4.79 Å². The van der Waals surface area contributed by atoms with Crippen molar-refractivity contribution in [1.82, 2.24) is 9.55 Å². The molecule has 2 aromatic rings. The summed E-state index contributed by atoms with van der Waals surface area (Å²) in [5.74, 6) is 5.24. The van der Waals surface area contributed by atoms with Gasteiger partial charge in [0.2, 0.25) is 0 Å². The quantitative estimate of drug-likeness (QED) is 0.656. The average Bonchev–Trinajstić information content (AvgIpc) is 2.82. The summed E-state index contributed by atoms with van der Waals surface area (Å²) in [7, 11) is 1.62. The van der Waals surface area contributed by atoms with Crippen LogP contribution in [-0.2, 0) is 11.8 Å². The van der Waals surface area contributed by atoms with Crippen molar-refractivity contribution < 1.29 is 14.6 Å². The smallest absolute Gasteiger partial charge is 0.340 e. The van der Waals surface area contributed by atoms with Gasteiger partial charge in [0.25, 0.3) is 5.56 Å². The zero-order valence-corrected chi connectivity index (χ0v) is 12.8. The number of nitrogens with zero attached hydrogens (tertiary/aromatic N) is 1. The van der Waals surface area contributed by atoms with Crippen molar-refractivity contribution >= 4 is 16.9 Å². The monoisotopic (exact) mass is 302 g/mol. The number of H-pyrrole nitrogens is 1. The van der Waals surface area contributed by atoms with Crippen molar-refractivity contribution in [1.29, 1.82) is 0 Å². The first kappa shape index (κ1) is 15.9. The lowest BCUT2D eigenvalue weighted by Crippen LogP contribution is -2.17. The average molecular weight is 302 g/mol. The molecule has 0 saturated carbocycles. The second-order valence-electron chi connectivity index (χ2n) is 4.83. The van der Waals surface area contributed by atoms with Crippen LogP contribution in [0.3, 0.4) is 0 Å². The molecule has 2 rings (SSSR count). The molecule has 0 unspecified atom stereocenters. The standard InChI is InChI=1S/C16H18N2O4/c1-4-22-16(21)12-10(2)17-14-13(12)11(7-5-6-8-19)9-18(3)15(14)20/h9,17,19H,4,6,8H2,1-3H3. The second-order valence-corrected chi connectivity index (χ2v) is 4.83. The number of fused-ring (bicyclic) bond motifs is 1. The fourth-order valence-electron chi connectivity index (χ4n) is 2.31. The van der Waals surface area contributed by atoms with Crippen LogP contribution >= 0.6 is 0 Å². The molecule has 6 nitrogen and oxygen atoms in total. The maximum atomic E-state index is 12.2. The zero-order valence-electron chi connectivity index (χ0n) is 12.8. The van der Waals surface area contributed by atoms with Gasteiger partial charge in [0.15, 0.2) is 0 Å². The van der Waals surface area contributed by atoms with Crippen LogP contribution in [0.15, 0.2) is 11.0 Å². The summed E-state index contributed by atoms with van der Waals surface area (Å²) in [5.41, 5.74) is 1.56. The molecule has 2 aromatic heterocycles. The summed E-state index contributed by atoms with van der Waals surface area (Å²) in [6, 6.07) is 0. The number of pyridine rings is 1. The van der Waals surface area contributed by atoms with E-state index < -0.39 is 5.97 Å². The van der Waals surface area contributed by atoms with Crippen LogP contribution in [0.2, 0.25) is 0 Å². The topological polar surface area (TPSA) is 84.3 Å².